The van der Waals surface area contributed by atoms with Gasteiger partial charge in [0.15, 0.2) is 0 Å². The van der Waals surface area contributed by atoms with E-state index >= 15 is 0 Å². The van der Waals surface area contributed by atoms with E-state index in [1.54, 1.807) is 0 Å². The number of esters is 1. The monoisotopic (exact) mass is 251 g/mol. The first kappa shape index (κ1) is 14.5. The number of ether oxygens (including phenoxy) is 2. The quantitative estimate of drug-likeness (QED) is 0.567. The van der Waals surface area contributed by atoms with Crippen molar-refractivity contribution < 1.29 is 14.3 Å². The van der Waals surface area contributed by atoms with Crippen molar-refractivity contribution in [2.24, 2.45) is 0 Å². The van der Waals surface area contributed by atoms with Crippen LogP contribution in [-0.2, 0) is 9.53 Å². The molecule has 0 aliphatic carbocycles. The standard InChI is InChI=1S/C14H21NO3/c1-3-17-14(16)11-12(2)15-9-10-18-13-7-5-4-6-8-13/h4-8,12,15H,3,9-11H2,1-2H3. The molecule has 1 N–H and O–H groups in total. The van der Waals surface area contributed by atoms with Crippen LogP contribution in [0.1, 0.15) is 20.3 Å². The predicted octanol–water partition coefficient (Wildman–Crippen LogP) is 2.00. The Labute approximate surface area is 108 Å². The summed E-state index contributed by atoms with van der Waals surface area (Å²) in [5.74, 6) is 0.693. The topological polar surface area (TPSA) is 47.6 Å². The zero-order valence-corrected chi connectivity index (χ0v) is 11.0. The van der Waals surface area contributed by atoms with Gasteiger partial charge in [0.2, 0.25) is 0 Å². The van der Waals surface area contributed by atoms with Crippen molar-refractivity contribution in [3.8, 4) is 5.75 Å². The number of benzene rings is 1. The highest BCUT2D eigenvalue weighted by Crippen LogP contribution is 2.07. The molecule has 0 heterocycles. The van der Waals surface area contributed by atoms with Crippen LogP contribution in [0.15, 0.2) is 30.3 Å². The van der Waals surface area contributed by atoms with E-state index in [1.807, 2.05) is 44.2 Å². The molecule has 0 spiro atoms. The predicted molar refractivity (Wildman–Crippen MR) is 70.7 cm³/mol. The Morgan fingerprint density at radius 3 is 2.72 bits per heavy atom. The molecule has 1 aromatic carbocycles. The Morgan fingerprint density at radius 2 is 2.06 bits per heavy atom. The maximum absolute atomic E-state index is 11.2. The number of nitrogens with one attached hydrogen (secondary N) is 1. The van der Waals surface area contributed by atoms with Gasteiger partial charge in [-0.25, -0.2) is 0 Å². The maximum Gasteiger partial charge on any atom is 0.307 e. The van der Waals surface area contributed by atoms with Crippen molar-refractivity contribution >= 4 is 5.97 Å². The van der Waals surface area contributed by atoms with Crippen molar-refractivity contribution in [2.45, 2.75) is 26.3 Å². The summed E-state index contributed by atoms with van der Waals surface area (Å²) in [5, 5.41) is 3.22. The summed E-state index contributed by atoms with van der Waals surface area (Å²) in [4.78, 5) is 11.2. The van der Waals surface area contributed by atoms with Crippen LogP contribution >= 0.6 is 0 Å². The molecule has 0 aromatic heterocycles. The highest BCUT2D eigenvalue weighted by atomic mass is 16.5. The van der Waals surface area contributed by atoms with Gasteiger partial charge in [-0.05, 0) is 26.0 Å². The Hall–Kier alpha value is -1.55. The maximum atomic E-state index is 11.2. The molecule has 0 bridgehead atoms. The lowest BCUT2D eigenvalue weighted by molar-refractivity contribution is -0.143. The minimum atomic E-state index is -0.165. The second-order valence-electron chi connectivity index (χ2n) is 4.03. The van der Waals surface area contributed by atoms with Crippen LogP contribution in [0.3, 0.4) is 0 Å². The van der Waals surface area contributed by atoms with Crippen LogP contribution in [0.5, 0.6) is 5.75 Å². The average molecular weight is 251 g/mol. The normalized spacial score (nSPS) is 11.9. The number of rotatable bonds is 8. The summed E-state index contributed by atoms with van der Waals surface area (Å²) in [7, 11) is 0. The first-order valence-corrected chi connectivity index (χ1v) is 6.29. The van der Waals surface area contributed by atoms with Crippen LogP contribution in [0.25, 0.3) is 0 Å². The molecule has 100 valence electrons. The second-order valence-corrected chi connectivity index (χ2v) is 4.03. The zero-order chi connectivity index (χ0) is 13.2. The Kier molecular flexibility index (Phi) is 6.87. The molecule has 18 heavy (non-hydrogen) atoms. The molecule has 1 aromatic rings. The van der Waals surface area contributed by atoms with Gasteiger partial charge in [-0.2, -0.15) is 0 Å². The van der Waals surface area contributed by atoms with E-state index in [9.17, 15) is 4.79 Å². The highest BCUT2D eigenvalue weighted by Gasteiger charge is 2.08. The van der Waals surface area contributed by atoms with Crippen molar-refractivity contribution in [1.82, 2.24) is 5.32 Å². The van der Waals surface area contributed by atoms with E-state index in [2.05, 4.69) is 5.32 Å². The van der Waals surface area contributed by atoms with Gasteiger partial charge >= 0.3 is 5.97 Å². The number of para-hydroxylation sites is 1. The minimum absolute atomic E-state index is 0.100. The van der Waals surface area contributed by atoms with Crippen LogP contribution in [0.4, 0.5) is 0 Å². The third-order valence-electron chi connectivity index (χ3n) is 2.38. The summed E-state index contributed by atoms with van der Waals surface area (Å²) >= 11 is 0. The summed E-state index contributed by atoms with van der Waals surface area (Å²) in [5.41, 5.74) is 0. The summed E-state index contributed by atoms with van der Waals surface area (Å²) in [6.07, 6.45) is 0.388. The number of hydrogen-bond acceptors (Lipinski definition) is 4. The van der Waals surface area contributed by atoms with E-state index in [-0.39, 0.29) is 12.0 Å². The number of carbonyl (C=O) groups is 1. The molecule has 4 nitrogen and oxygen atoms in total. The first-order valence-electron chi connectivity index (χ1n) is 6.29. The third-order valence-corrected chi connectivity index (χ3v) is 2.38. The molecule has 0 aliphatic heterocycles. The van der Waals surface area contributed by atoms with Gasteiger partial charge in [0.1, 0.15) is 12.4 Å². The summed E-state index contributed by atoms with van der Waals surface area (Å²) in [6, 6.07) is 9.76. The second kappa shape index (κ2) is 8.53. The fourth-order valence-electron chi connectivity index (χ4n) is 1.53. The van der Waals surface area contributed by atoms with Crippen LogP contribution < -0.4 is 10.1 Å². The van der Waals surface area contributed by atoms with Gasteiger partial charge in [-0.3, -0.25) is 4.79 Å². The molecule has 0 radical (unpaired) electrons. The molecule has 4 heteroatoms. The third kappa shape index (κ3) is 6.25. The van der Waals surface area contributed by atoms with E-state index in [0.29, 0.717) is 26.2 Å². The molecule has 0 saturated carbocycles. The number of carbonyl (C=O) groups excluding carboxylic acids is 1. The lowest BCUT2D eigenvalue weighted by atomic mass is 10.2. The van der Waals surface area contributed by atoms with E-state index in [4.69, 9.17) is 9.47 Å². The molecule has 0 amide bonds. The van der Waals surface area contributed by atoms with Gasteiger partial charge in [0.25, 0.3) is 0 Å². The SMILES string of the molecule is CCOC(=O)CC(C)NCCOc1ccccc1. The molecule has 0 aliphatic rings. The van der Waals surface area contributed by atoms with Crippen LogP contribution in [-0.4, -0.2) is 31.8 Å². The van der Waals surface area contributed by atoms with Crippen LogP contribution in [0.2, 0.25) is 0 Å². The molecule has 0 fully saturated rings. The highest BCUT2D eigenvalue weighted by molar-refractivity contribution is 5.69. The first-order chi connectivity index (χ1) is 8.72. The van der Waals surface area contributed by atoms with Crippen molar-refractivity contribution in [3.05, 3.63) is 30.3 Å². The molecule has 1 atom stereocenters. The summed E-state index contributed by atoms with van der Waals surface area (Å²) < 4.78 is 10.4. The van der Waals surface area contributed by atoms with Gasteiger partial charge in [0, 0.05) is 12.6 Å². The molecular weight excluding hydrogens is 230 g/mol. The minimum Gasteiger partial charge on any atom is -0.492 e. The Bertz CT molecular complexity index is 340. The van der Waals surface area contributed by atoms with Crippen molar-refractivity contribution in [2.75, 3.05) is 19.8 Å². The number of hydrogen-bond donors (Lipinski definition) is 1. The average Bonchev–Trinajstić information content (AvgIpc) is 2.36. The van der Waals surface area contributed by atoms with Crippen LogP contribution in [0, 0.1) is 0 Å². The smallest absolute Gasteiger partial charge is 0.307 e. The van der Waals surface area contributed by atoms with Gasteiger partial charge in [-0.15, -0.1) is 0 Å². The molecule has 0 saturated heterocycles. The Morgan fingerprint density at radius 1 is 1.33 bits per heavy atom. The fourth-order valence-corrected chi connectivity index (χ4v) is 1.53. The van der Waals surface area contributed by atoms with E-state index in [1.165, 1.54) is 0 Å². The van der Waals surface area contributed by atoms with E-state index in [0.717, 1.165) is 5.75 Å². The molecule has 1 unspecified atom stereocenters. The largest absolute Gasteiger partial charge is 0.492 e. The fraction of sp³-hybridized carbons (Fsp3) is 0.500. The summed E-state index contributed by atoms with van der Waals surface area (Å²) in [6.45, 7) is 5.48. The van der Waals surface area contributed by atoms with Crippen molar-refractivity contribution in [3.63, 3.8) is 0 Å². The van der Waals surface area contributed by atoms with Gasteiger partial charge in [0.05, 0.1) is 13.0 Å². The van der Waals surface area contributed by atoms with Gasteiger partial charge in [-0.1, -0.05) is 18.2 Å². The lowest BCUT2D eigenvalue weighted by Gasteiger charge is -2.13. The Balaban J connectivity index is 2.09. The van der Waals surface area contributed by atoms with Gasteiger partial charge < -0.3 is 14.8 Å². The zero-order valence-electron chi connectivity index (χ0n) is 11.0. The van der Waals surface area contributed by atoms with Crippen molar-refractivity contribution in [1.29, 1.82) is 0 Å². The van der Waals surface area contributed by atoms with E-state index < -0.39 is 0 Å². The molecule has 1 rings (SSSR count). The lowest BCUT2D eigenvalue weighted by Crippen LogP contribution is -2.32. The molecular formula is C14H21NO3.